The maximum atomic E-state index is 11.6. The Bertz CT molecular complexity index is 397. The number of aliphatic hydroxyl groups excluding tert-OH is 1. The summed E-state index contributed by atoms with van der Waals surface area (Å²) in [6.45, 7) is 0.238. The van der Waals surface area contributed by atoms with Crippen LogP contribution in [-0.4, -0.2) is 42.5 Å². The number of aromatic hydroxyl groups is 1. The predicted octanol–water partition coefficient (Wildman–Crippen LogP) is 0.783. The summed E-state index contributed by atoms with van der Waals surface area (Å²) < 4.78 is 4.72. The largest absolute Gasteiger partial charge is 0.506 e. The van der Waals surface area contributed by atoms with Gasteiger partial charge in [0.05, 0.1) is 17.7 Å². The molecule has 0 bridgehead atoms. The van der Waals surface area contributed by atoms with Crippen LogP contribution in [0.3, 0.4) is 0 Å². The van der Waals surface area contributed by atoms with Gasteiger partial charge in [-0.25, -0.2) is 0 Å². The average molecular weight is 260 g/mol. The lowest BCUT2D eigenvalue weighted by molar-refractivity contribution is 0.0610. The number of phenolic OH excluding ortho intramolecular Hbond substituents is 1. The summed E-state index contributed by atoms with van der Waals surface area (Å²) in [5.41, 5.74) is 0.317. The molecule has 17 heavy (non-hydrogen) atoms. The summed E-state index contributed by atoms with van der Waals surface area (Å²) >= 11 is 5.67. The van der Waals surface area contributed by atoms with Crippen molar-refractivity contribution in [2.45, 2.75) is 6.10 Å². The summed E-state index contributed by atoms with van der Waals surface area (Å²) in [5, 5.41) is 21.2. The Morgan fingerprint density at radius 2 is 2.29 bits per heavy atom. The third-order valence-electron chi connectivity index (χ3n) is 2.07. The molecule has 0 aliphatic carbocycles. The Morgan fingerprint density at radius 3 is 2.88 bits per heavy atom. The van der Waals surface area contributed by atoms with Gasteiger partial charge in [0.25, 0.3) is 5.91 Å². The lowest BCUT2D eigenvalue weighted by Gasteiger charge is -2.11. The fraction of sp³-hybridized carbons (Fsp3) is 0.364. The SMILES string of the molecule is COCC(O)CNC(=O)c1ccc(O)c(Cl)c1. The molecule has 1 amide bonds. The van der Waals surface area contributed by atoms with Crippen molar-refractivity contribution < 1.29 is 19.7 Å². The molecule has 0 saturated heterocycles. The average Bonchev–Trinajstić information content (AvgIpc) is 2.30. The summed E-state index contributed by atoms with van der Waals surface area (Å²) in [5.74, 6) is -0.454. The van der Waals surface area contributed by atoms with Crippen molar-refractivity contribution in [3.8, 4) is 5.75 Å². The minimum Gasteiger partial charge on any atom is -0.506 e. The monoisotopic (exact) mass is 259 g/mol. The number of carbonyl (C=O) groups is 1. The second-order valence-corrected chi connectivity index (χ2v) is 3.89. The summed E-state index contributed by atoms with van der Waals surface area (Å²) in [6, 6.07) is 4.14. The number of rotatable bonds is 5. The number of phenols is 1. The third-order valence-corrected chi connectivity index (χ3v) is 2.37. The molecule has 0 heterocycles. The fourth-order valence-electron chi connectivity index (χ4n) is 1.21. The van der Waals surface area contributed by atoms with Gasteiger partial charge in [-0.2, -0.15) is 0 Å². The number of ether oxygens (including phenoxy) is 1. The number of halogens is 1. The Labute approximate surface area is 104 Å². The van der Waals surface area contributed by atoms with Crippen LogP contribution < -0.4 is 5.32 Å². The first-order chi connectivity index (χ1) is 8.04. The topological polar surface area (TPSA) is 78.8 Å². The molecule has 1 aromatic carbocycles. The quantitative estimate of drug-likeness (QED) is 0.730. The van der Waals surface area contributed by atoms with Gasteiger partial charge >= 0.3 is 0 Å². The van der Waals surface area contributed by atoms with E-state index in [4.69, 9.17) is 16.3 Å². The highest BCUT2D eigenvalue weighted by atomic mass is 35.5. The van der Waals surface area contributed by atoms with Crippen LogP contribution in [-0.2, 0) is 4.74 Å². The first kappa shape index (κ1) is 13.8. The van der Waals surface area contributed by atoms with Gasteiger partial charge in [-0.15, -0.1) is 0 Å². The zero-order chi connectivity index (χ0) is 12.8. The van der Waals surface area contributed by atoms with Gasteiger partial charge in [0.2, 0.25) is 0 Å². The fourth-order valence-corrected chi connectivity index (χ4v) is 1.39. The van der Waals surface area contributed by atoms with Crippen molar-refractivity contribution in [2.24, 2.45) is 0 Å². The van der Waals surface area contributed by atoms with Crippen LogP contribution in [0.2, 0.25) is 5.02 Å². The Balaban J connectivity index is 2.55. The molecule has 3 N–H and O–H groups in total. The lowest BCUT2D eigenvalue weighted by atomic mass is 10.2. The van der Waals surface area contributed by atoms with Crippen molar-refractivity contribution in [2.75, 3.05) is 20.3 Å². The Hall–Kier alpha value is -1.30. The zero-order valence-electron chi connectivity index (χ0n) is 9.31. The molecule has 0 saturated carbocycles. The van der Waals surface area contributed by atoms with Gasteiger partial charge in [0, 0.05) is 19.2 Å². The molecule has 0 aliphatic rings. The molecular weight excluding hydrogens is 246 g/mol. The van der Waals surface area contributed by atoms with Gasteiger partial charge in [0.1, 0.15) is 5.75 Å². The number of benzene rings is 1. The molecule has 5 nitrogen and oxygen atoms in total. The van der Waals surface area contributed by atoms with Gasteiger partial charge in [-0.05, 0) is 18.2 Å². The highest BCUT2D eigenvalue weighted by Gasteiger charge is 2.10. The minimum atomic E-state index is -0.753. The first-order valence-electron chi connectivity index (χ1n) is 4.98. The van der Waals surface area contributed by atoms with Crippen molar-refractivity contribution in [1.29, 1.82) is 0 Å². The van der Waals surface area contributed by atoms with Crippen LogP contribution in [0.15, 0.2) is 18.2 Å². The lowest BCUT2D eigenvalue weighted by Crippen LogP contribution is -2.34. The van der Waals surface area contributed by atoms with E-state index >= 15 is 0 Å². The molecule has 0 aliphatic heterocycles. The maximum absolute atomic E-state index is 11.6. The second-order valence-electron chi connectivity index (χ2n) is 3.49. The third kappa shape index (κ3) is 4.22. The molecule has 1 rings (SSSR count). The smallest absolute Gasteiger partial charge is 0.251 e. The number of carbonyl (C=O) groups excluding carboxylic acids is 1. The van der Waals surface area contributed by atoms with Crippen LogP contribution in [0.25, 0.3) is 0 Å². The van der Waals surface area contributed by atoms with E-state index < -0.39 is 6.10 Å². The normalized spacial score (nSPS) is 12.2. The zero-order valence-corrected chi connectivity index (χ0v) is 10.1. The number of methoxy groups -OCH3 is 1. The molecule has 1 aromatic rings. The van der Waals surface area contributed by atoms with Gasteiger partial charge in [-0.3, -0.25) is 4.79 Å². The second kappa shape index (κ2) is 6.44. The molecule has 0 fully saturated rings. The molecule has 0 radical (unpaired) electrons. The standard InChI is InChI=1S/C11H14ClNO4/c1-17-6-8(14)5-13-11(16)7-2-3-10(15)9(12)4-7/h2-4,8,14-15H,5-6H2,1H3,(H,13,16). The first-order valence-corrected chi connectivity index (χ1v) is 5.36. The summed E-state index contributed by atoms with van der Waals surface area (Å²) in [6.07, 6.45) is -0.753. The van der Waals surface area contributed by atoms with Crippen LogP contribution in [0.4, 0.5) is 0 Å². The molecular formula is C11H14ClNO4. The molecule has 6 heteroatoms. The van der Waals surface area contributed by atoms with Crippen molar-refractivity contribution >= 4 is 17.5 Å². The van der Waals surface area contributed by atoms with Gasteiger partial charge < -0.3 is 20.3 Å². The Kier molecular flexibility index (Phi) is 5.21. The minimum absolute atomic E-state index is 0.0809. The van der Waals surface area contributed by atoms with E-state index in [0.717, 1.165) is 0 Å². The number of aliphatic hydroxyl groups is 1. The van der Waals surface area contributed by atoms with E-state index in [1.165, 1.54) is 25.3 Å². The molecule has 0 aromatic heterocycles. The van der Waals surface area contributed by atoms with Gasteiger partial charge in [0.15, 0.2) is 0 Å². The molecule has 1 atom stereocenters. The highest BCUT2D eigenvalue weighted by molar-refractivity contribution is 6.32. The van der Waals surface area contributed by atoms with E-state index in [0.29, 0.717) is 5.56 Å². The van der Waals surface area contributed by atoms with E-state index in [-0.39, 0.29) is 29.8 Å². The van der Waals surface area contributed by atoms with Crippen LogP contribution in [0.5, 0.6) is 5.75 Å². The van der Waals surface area contributed by atoms with Crippen molar-refractivity contribution in [1.82, 2.24) is 5.32 Å². The van der Waals surface area contributed by atoms with E-state index in [1.54, 1.807) is 0 Å². The van der Waals surface area contributed by atoms with Gasteiger partial charge in [-0.1, -0.05) is 11.6 Å². The number of hydrogen-bond acceptors (Lipinski definition) is 4. The number of hydrogen-bond donors (Lipinski definition) is 3. The summed E-state index contributed by atoms with van der Waals surface area (Å²) in [7, 11) is 1.46. The summed E-state index contributed by atoms with van der Waals surface area (Å²) in [4.78, 5) is 11.6. The maximum Gasteiger partial charge on any atom is 0.251 e. The number of amides is 1. The molecule has 94 valence electrons. The van der Waals surface area contributed by atoms with Crippen LogP contribution >= 0.6 is 11.6 Å². The Morgan fingerprint density at radius 1 is 1.59 bits per heavy atom. The number of nitrogens with one attached hydrogen (secondary N) is 1. The van der Waals surface area contributed by atoms with E-state index in [1.807, 2.05) is 0 Å². The van der Waals surface area contributed by atoms with E-state index in [9.17, 15) is 15.0 Å². The van der Waals surface area contributed by atoms with Crippen molar-refractivity contribution in [3.63, 3.8) is 0 Å². The molecule has 0 spiro atoms. The van der Waals surface area contributed by atoms with Crippen LogP contribution in [0.1, 0.15) is 10.4 Å². The van der Waals surface area contributed by atoms with E-state index in [2.05, 4.69) is 5.32 Å². The highest BCUT2D eigenvalue weighted by Crippen LogP contribution is 2.23. The molecule has 1 unspecified atom stereocenters. The van der Waals surface area contributed by atoms with Crippen molar-refractivity contribution in [3.05, 3.63) is 28.8 Å². The van der Waals surface area contributed by atoms with Crippen LogP contribution in [0, 0.1) is 0 Å². The predicted molar refractivity (Wildman–Crippen MR) is 63.3 cm³/mol.